The number of halogens is 4. The molecule has 2 aromatic rings. The highest BCUT2D eigenvalue weighted by Crippen LogP contribution is 2.30. The van der Waals surface area contributed by atoms with Crippen molar-refractivity contribution in [2.75, 3.05) is 4.72 Å². The van der Waals surface area contributed by atoms with E-state index < -0.39 is 32.7 Å². The van der Waals surface area contributed by atoms with Crippen molar-refractivity contribution in [2.45, 2.75) is 37.4 Å². The van der Waals surface area contributed by atoms with E-state index in [2.05, 4.69) is 4.72 Å². The molecule has 0 atom stereocenters. The molecule has 26 heavy (non-hydrogen) atoms. The molecule has 2 aromatic carbocycles. The summed E-state index contributed by atoms with van der Waals surface area (Å²) in [5.74, 6) is -2.82. The molecule has 0 amide bonds. The molecule has 8 heteroatoms. The average molecular weight is 495 g/mol. The summed E-state index contributed by atoms with van der Waals surface area (Å²) in [4.78, 5) is 0. The molecule has 1 saturated carbocycles. The van der Waals surface area contributed by atoms with E-state index in [1.807, 2.05) is 22.6 Å². The van der Waals surface area contributed by atoms with Crippen LogP contribution >= 0.6 is 22.6 Å². The lowest BCUT2D eigenvalue weighted by molar-refractivity contribution is 0.500. The van der Waals surface area contributed by atoms with Crippen LogP contribution in [0, 0.1) is 21.0 Å². The molecule has 1 aliphatic rings. The normalized spacial score (nSPS) is 15.4. The maximum Gasteiger partial charge on any atom is 0.235 e. The molecule has 0 spiro atoms. The highest BCUT2D eigenvalue weighted by molar-refractivity contribution is 14.1. The Hall–Kier alpha value is -1.29. The largest absolute Gasteiger partial charge is 0.283 e. The molecule has 3 nitrogen and oxygen atoms in total. The monoisotopic (exact) mass is 495 g/mol. The van der Waals surface area contributed by atoms with Gasteiger partial charge in [0, 0.05) is 15.6 Å². The fourth-order valence-electron chi connectivity index (χ4n) is 3.15. The minimum absolute atomic E-state index is 0.0475. The summed E-state index contributed by atoms with van der Waals surface area (Å²) in [6.07, 6.45) is 2.48. The number of sulfonamides is 1. The van der Waals surface area contributed by atoms with Crippen LogP contribution in [0.1, 0.15) is 36.8 Å². The van der Waals surface area contributed by atoms with Gasteiger partial charge in [-0.1, -0.05) is 18.9 Å². The average Bonchev–Trinajstić information content (AvgIpc) is 3.11. The van der Waals surface area contributed by atoms with Crippen LogP contribution < -0.4 is 4.72 Å². The van der Waals surface area contributed by atoms with Gasteiger partial charge in [-0.25, -0.2) is 21.6 Å². The molecule has 0 saturated heterocycles. The molecular weight excluding hydrogens is 478 g/mol. The summed E-state index contributed by atoms with van der Waals surface area (Å²) in [6.45, 7) is 0. The first-order valence-corrected chi connectivity index (χ1v) is 10.8. The van der Waals surface area contributed by atoms with Crippen LogP contribution in [0.25, 0.3) is 0 Å². The zero-order chi connectivity index (χ0) is 18.9. The highest BCUT2D eigenvalue weighted by Gasteiger charge is 2.30. The Morgan fingerprint density at radius 3 is 2.38 bits per heavy atom. The number of hydrogen-bond donors (Lipinski definition) is 1. The Balaban J connectivity index is 1.97. The van der Waals surface area contributed by atoms with Crippen molar-refractivity contribution in [1.29, 1.82) is 0 Å². The van der Waals surface area contributed by atoms with Crippen LogP contribution in [0.15, 0.2) is 30.3 Å². The van der Waals surface area contributed by atoms with Crippen LogP contribution in [-0.2, 0) is 16.4 Å². The van der Waals surface area contributed by atoms with Gasteiger partial charge in [-0.2, -0.15) is 0 Å². The van der Waals surface area contributed by atoms with Crippen molar-refractivity contribution in [3.63, 3.8) is 0 Å². The Bertz CT molecular complexity index is 928. The summed E-state index contributed by atoms with van der Waals surface area (Å²) in [7, 11) is -3.71. The van der Waals surface area contributed by atoms with E-state index in [4.69, 9.17) is 0 Å². The summed E-state index contributed by atoms with van der Waals surface area (Å²) in [6, 6.07) is 6.48. The Labute approximate surface area is 164 Å². The molecule has 1 aliphatic carbocycles. The maximum atomic E-state index is 14.4. The Morgan fingerprint density at radius 1 is 1.04 bits per heavy atom. The smallest absolute Gasteiger partial charge is 0.235 e. The van der Waals surface area contributed by atoms with Crippen LogP contribution in [0.5, 0.6) is 0 Å². The molecule has 0 aliphatic heterocycles. The SMILES string of the molecule is O=S(=O)(Nc1ccc(F)c(F)c1Cc1ccc(I)cc1F)C1CCCC1. The number of hydrogen-bond acceptors (Lipinski definition) is 2. The quantitative estimate of drug-likeness (QED) is 0.595. The number of rotatable bonds is 5. The van der Waals surface area contributed by atoms with E-state index in [9.17, 15) is 21.6 Å². The molecule has 0 radical (unpaired) electrons. The van der Waals surface area contributed by atoms with Gasteiger partial charge in [-0.05, 0) is 65.3 Å². The van der Waals surface area contributed by atoms with Gasteiger partial charge < -0.3 is 0 Å². The molecule has 0 aromatic heterocycles. The minimum Gasteiger partial charge on any atom is -0.283 e. The van der Waals surface area contributed by atoms with Crippen molar-refractivity contribution in [3.05, 3.63) is 62.5 Å². The molecule has 0 bridgehead atoms. The Morgan fingerprint density at radius 2 is 1.73 bits per heavy atom. The van der Waals surface area contributed by atoms with Gasteiger partial charge >= 0.3 is 0 Å². The standard InChI is InChI=1S/C18H17F3INO2S/c19-15-7-8-17(23-26(24,25)13-3-1-2-4-13)14(18(15)21)9-11-5-6-12(22)10-16(11)20/h5-8,10,13,23H,1-4,9H2. The van der Waals surface area contributed by atoms with E-state index in [0.29, 0.717) is 16.4 Å². The lowest BCUT2D eigenvalue weighted by atomic mass is 10.0. The van der Waals surface area contributed by atoms with E-state index in [0.717, 1.165) is 18.9 Å². The summed E-state index contributed by atoms with van der Waals surface area (Å²) in [5, 5.41) is -0.543. The molecule has 1 N–H and O–H groups in total. The topological polar surface area (TPSA) is 46.2 Å². The van der Waals surface area contributed by atoms with E-state index in [-0.39, 0.29) is 23.2 Å². The fourth-order valence-corrected chi connectivity index (χ4v) is 5.22. The van der Waals surface area contributed by atoms with Crippen molar-refractivity contribution >= 4 is 38.3 Å². The third-order valence-electron chi connectivity index (χ3n) is 4.57. The molecule has 0 unspecified atom stereocenters. The molecule has 1 fully saturated rings. The highest BCUT2D eigenvalue weighted by atomic mass is 127. The van der Waals surface area contributed by atoms with Crippen molar-refractivity contribution in [1.82, 2.24) is 0 Å². The van der Waals surface area contributed by atoms with Crippen molar-refractivity contribution in [2.24, 2.45) is 0 Å². The van der Waals surface area contributed by atoms with Crippen LogP contribution in [0.4, 0.5) is 18.9 Å². The first-order chi connectivity index (χ1) is 12.3. The second kappa shape index (κ2) is 7.75. The summed E-state index contributed by atoms with van der Waals surface area (Å²) >= 11 is 1.95. The third kappa shape index (κ3) is 4.16. The summed E-state index contributed by atoms with van der Waals surface area (Å²) < 4.78 is 70.3. The third-order valence-corrected chi connectivity index (χ3v) is 7.10. The summed E-state index contributed by atoms with van der Waals surface area (Å²) in [5.41, 5.74) is -0.0864. The van der Waals surface area contributed by atoms with E-state index >= 15 is 0 Å². The van der Waals surface area contributed by atoms with Gasteiger partial charge in [0.1, 0.15) is 5.82 Å². The second-order valence-corrected chi connectivity index (χ2v) is 9.56. The van der Waals surface area contributed by atoms with Crippen LogP contribution in [-0.4, -0.2) is 13.7 Å². The number of anilines is 1. The zero-order valence-corrected chi connectivity index (χ0v) is 16.7. The molecule has 0 heterocycles. The minimum atomic E-state index is -3.71. The second-order valence-electron chi connectivity index (χ2n) is 6.35. The van der Waals surface area contributed by atoms with Crippen molar-refractivity contribution in [3.8, 4) is 0 Å². The van der Waals surface area contributed by atoms with Gasteiger partial charge in [0.05, 0.1) is 10.9 Å². The number of benzene rings is 2. The van der Waals surface area contributed by atoms with Gasteiger partial charge in [-0.3, -0.25) is 4.72 Å². The zero-order valence-electron chi connectivity index (χ0n) is 13.7. The molecule has 140 valence electrons. The predicted octanol–water partition coefficient (Wildman–Crippen LogP) is 4.98. The van der Waals surface area contributed by atoms with Crippen LogP contribution in [0.2, 0.25) is 0 Å². The maximum absolute atomic E-state index is 14.4. The lowest BCUT2D eigenvalue weighted by Crippen LogP contribution is -2.26. The van der Waals surface area contributed by atoms with Gasteiger partial charge in [0.2, 0.25) is 10.0 Å². The lowest BCUT2D eigenvalue weighted by Gasteiger charge is -2.17. The predicted molar refractivity (Wildman–Crippen MR) is 103 cm³/mol. The van der Waals surface area contributed by atoms with Gasteiger partial charge in [-0.15, -0.1) is 0 Å². The Kier molecular flexibility index (Phi) is 5.81. The fraction of sp³-hybridized carbons (Fsp3) is 0.333. The van der Waals surface area contributed by atoms with Gasteiger partial charge in [0.15, 0.2) is 11.6 Å². The van der Waals surface area contributed by atoms with E-state index in [1.165, 1.54) is 18.2 Å². The number of nitrogens with one attached hydrogen (secondary N) is 1. The van der Waals surface area contributed by atoms with Crippen LogP contribution in [0.3, 0.4) is 0 Å². The first kappa shape index (κ1) is 19.5. The van der Waals surface area contributed by atoms with Gasteiger partial charge in [0.25, 0.3) is 0 Å². The molecule has 3 rings (SSSR count). The molecular formula is C18H17F3INO2S. The first-order valence-electron chi connectivity index (χ1n) is 8.20. The van der Waals surface area contributed by atoms with Crippen molar-refractivity contribution < 1.29 is 21.6 Å². The van der Waals surface area contributed by atoms with E-state index in [1.54, 1.807) is 6.07 Å².